The van der Waals surface area contributed by atoms with Crippen molar-refractivity contribution in [1.29, 1.82) is 0 Å². The monoisotopic (exact) mass is 430 g/mol. The third kappa shape index (κ3) is 3.95. The Labute approximate surface area is 186 Å². The van der Waals surface area contributed by atoms with Crippen molar-refractivity contribution in [3.8, 4) is 11.3 Å². The van der Waals surface area contributed by atoms with Crippen LogP contribution >= 0.6 is 0 Å². The second-order valence-corrected chi connectivity index (χ2v) is 8.97. The maximum absolute atomic E-state index is 12.4. The van der Waals surface area contributed by atoms with E-state index in [-0.39, 0.29) is 6.09 Å². The van der Waals surface area contributed by atoms with Crippen LogP contribution in [-0.4, -0.2) is 62.1 Å². The van der Waals surface area contributed by atoms with Gasteiger partial charge in [0, 0.05) is 61.8 Å². The average molecular weight is 431 g/mol. The van der Waals surface area contributed by atoms with Crippen LogP contribution in [0.25, 0.3) is 27.8 Å². The molecule has 8 heteroatoms. The molecule has 0 unspecified atom stereocenters. The van der Waals surface area contributed by atoms with E-state index in [4.69, 9.17) is 9.72 Å². The number of para-hydroxylation sites is 1. The summed E-state index contributed by atoms with van der Waals surface area (Å²) in [7, 11) is 0. The average Bonchev–Trinajstić information content (AvgIpc) is 3.26. The Morgan fingerprint density at radius 2 is 1.81 bits per heavy atom. The Bertz CT molecular complexity index is 1280. The lowest BCUT2D eigenvalue weighted by atomic mass is 10.1. The summed E-state index contributed by atoms with van der Waals surface area (Å²) in [4.78, 5) is 30.4. The number of piperazine rings is 1. The van der Waals surface area contributed by atoms with Crippen LogP contribution in [0, 0.1) is 0 Å². The van der Waals surface area contributed by atoms with Crippen molar-refractivity contribution in [2.45, 2.75) is 26.4 Å². The first-order valence-electron chi connectivity index (χ1n) is 10.8. The van der Waals surface area contributed by atoms with E-state index < -0.39 is 5.60 Å². The molecule has 0 atom stereocenters. The molecule has 0 N–H and O–H groups in total. The molecule has 1 saturated heterocycles. The van der Waals surface area contributed by atoms with E-state index >= 15 is 0 Å². The molecule has 0 spiro atoms. The predicted octanol–water partition coefficient (Wildman–Crippen LogP) is 4.00. The molecule has 1 aromatic carbocycles. The standard InChI is InChI=1S/C24H26N6O2/c1-24(2,3)32-23(31)29-12-10-28(11-13-29)22-27-20(15-21-25-8-9-30(21)22)18-14-17-6-4-5-7-19(17)26-16-18/h4-9,14-16H,10-13H2,1-3H3. The minimum atomic E-state index is -0.499. The highest BCUT2D eigenvalue weighted by atomic mass is 16.6. The summed E-state index contributed by atoms with van der Waals surface area (Å²) < 4.78 is 7.51. The first-order chi connectivity index (χ1) is 15.4. The lowest BCUT2D eigenvalue weighted by Crippen LogP contribution is -2.50. The molecule has 1 aliphatic heterocycles. The number of benzene rings is 1. The number of pyridine rings is 1. The summed E-state index contributed by atoms with van der Waals surface area (Å²) >= 11 is 0. The molecule has 8 nitrogen and oxygen atoms in total. The molecule has 1 aliphatic rings. The van der Waals surface area contributed by atoms with E-state index in [9.17, 15) is 4.79 Å². The summed E-state index contributed by atoms with van der Waals surface area (Å²) in [6, 6.07) is 12.1. The Balaban J connectivity index is 1.43. The third-order valence-electron chi connectivity index (χ3n) is 5.47. The second-order valence-electron chi connectivity index (χ2n) is 8.97. The summed E-state index contributed by atoms with van der Waals surface area (Å²) in [6.07, 6.45) is 5.28. The molecule has 5 rings (SSSR count). The normalized spacial score (nSPS) is 14.8. The van der Waals surface area contributed by atoms with Gasteiger partial charge in [-0.2, -0.15) is 0 Å². The van der Waals surface area contributed by atoms with Crippen LogP contribution in [-0.2, 0) is 4.74 Å². The lowest BCUT2D eigenvalue weighted by molar-refractivity contribution is 0.0240. The summed E-state index contributed by atoms with van der Waals surface area (Å²) in [6.45, 7) is 8.14. The molecule has 32 heavy (non-hydrogen) atoms. The highest BCUT2D eigenvalue weighted by Crippen LogP contribution is 2.26. The number of hydrogen-bond acceptors (Lipinski definition) is 6. The Morgan fingerprint density at radius 1 is 1.03 bits per heavy atom. The summed E-state index contributed by atoms with van der Waals surface area (Å²) in [5.74, 6) is 0.812. The Kier molecular flexibility index (Phi) is 4.92. The van der Waals surface area contributed by atoms with Crippen molar-refractivity contribution in [3.05, 3.63) is 55.0 Å². The summed E-state index contributed by atoms with van der Waals surface area (Å²) in [5.41, 5.74) is 3.06. The van der Waals surface area contributed by atoms with Crippen LogP contribution < -0.4 is 4.90 Å². The number of anilines is 1. The molecule has 3 aromatic heterocycles. The Morgan fingerprint density at radius 3 is 2.59 bits per heavy atom. The SMILES string of the molecule is CC(C)(C)OC(=O)N1CCN(c2nc(-c3cnc4ccccc4c3)cc3nccn23)CC1. The molecule has 164 valence electrons. The fourth-order valence-corrected chi connectivity index (χ4v) is 3.90. The van der Waals surface area contributed by atoms with Gasteiger partial charge in [-0.3, -0.25) is 9.38 Å². The van der Waals surface area contributed by atoms with Gasteiger partial charge in [-0.1, -0.05) is 18.2 Å². The van der Waals surface area contributed by atoms with Crippen LogP contribution in [0.3, 0.4) is 0 Å². The molecule has 4 aromatic rings. The van der Waals surface area contributed by atoms with Crippen LogP contribution in [0.15, 0.2) is 55.0 Å². The van der Waals surface area contributed by atoms with Gasteiger partial charge in [0.05, 0.1) is 11.2 Å². The molecule has 0 saturated carbocycles. The highest BCUT2D eigenvalue weighted by molar-refractivity contribution is 5.83. The van der Waals surface area contributed by atoms with Gasteiger partial charge in [-0.05, 0) is 32.9 Å². The van der Waals surface area contributed by atoms with Gasteiger partial charge < -0.3 is 14.5 Å². The topological polar surface area (TPSA) is 75.9 Å². The van der Waals surface area contributed by atoms with Crippen LogP contribution in [0.5, 0.6) is 0 Å². The van der Waals surface area contributed by atoms with Crippen molar-refractivity contribution < 1.29 is 9.53 Å². The number of carbonyl (C=O) groups excluding carboxylic acids is 1. The number of imidazole rings is 1. The van der Waals surface area contributed by atoms with E-state index in [1.54, 1.807) is 11.1 Å². The first-order valence-corrected chi connectivity index (χ1v) is 10.8. The molecule has 1 fully saturated rings. The minimum Gasteiger partial charge on any atom is -0.444 e. The maximum atomic E-state index is 12.4. The van der Waals surface area contributed by atoms with Crippen molar-refractivity contribution in [1.82, 2.24) is 24.3 Å². The number of nitrogens with zero attached hydrogens (tertiary/aromatic N) is 6. The van der Waals surface area contributed by atoms with E-state index in [0.717, 1.165) is 33.8 Å². The molecule has 0 aliphatic carbocycles. The van der Waals surface area contributed by atoms with Crippen LogP contribution in [0.4, 0.5) is 10.7 Å². The quantitative estimate of drug-likeness (QED) is 0.478. The Hall–Kier alpha value is -3.68. The maximum Gasteiger partial charge on any atom is 0.410 e. The predicted molar refractivity (Wildman–Crippen MR) is 124 cm³/mol. The zero-order chi connectivity index (χ0) is 22.3. The zero-order valence-corrected chi connectivity index (χ0v) is 18.5. The summed E-state index contributed by atoms with van der Waals surface area (Å²) in [5, 5.41) is 1.07. The molecule has 0 bridgehead atoms. The first kappa shape index (κ1) is 20.2. The van der Waals surface area contributed by atoms with Gasteiger partial charge in [-0.15, -0.1) is 0 Å². The van der Waals surface area contributed by atoms with Gasteiger partial charge in [0.25, 0.3) is 0 Å². The molecular formula is C24H26N6O2. The highest BCUT2D eigenvalue weighted by Gasteiger charge is 2.27. The number of carbonyl (C=O) groups is 1. The van der Waals surface area contributed by atoms with Gasteiger partial charge in [-0.25, -0.2) is 14.8 Å². The molecular weight excluding hydrogens is 404 g/mol. The number of aromatic nitrogens is 4. The smallest absolute Gasteiger partial charge is 0.410 e. The van der Waals surface area contributed by atoms with Gasteiger partial charge in [0.1, 0.15) is 11.2 Å². The van der Waals surface area contributed by atoms with Crippen LogP contribution in [0.2, 0.25) is 0 Å². The fourth-order valence-electron chi connectivity index (χ4n) is 3.90. The number of amides is 1. The molecule has 0 radical (unpaired) electrons. The number of hydrogen-bond donors (Lipinski definition) is 0. The fraction of sp³-hybridized carbons (Fsp3) is 0.333. The number of rotatable bonds is 2. The van der Waals surface area contributed by atoms with Crippen LogP contribution in [0.1, 0.15) is 20.8 Å². The third-order valence-corrected chi connectivity index (χ3v) is 5.47. The van der Waals surface area contributed by atoms with Gasteiger partial charge >= 0.3 is 6.09 Å². The van der Waals surface area contributed by atoms with E-state index in [2.05, 4.69) is 27.0 Å². The van der Waals surface area contributed by atoms with Crippen molar-refractivity contribution in [3.63, 3.8) is 0 Å². The van der Waals surface area contributed by atoms with Crippen molar-refractivity contribution in [2.75, 3.05) is 31.1 Å². The second kappa shape index (κ2) is 7.78. The van der Waals surface area contributed by atoms with Crippen molar-refractivity contribution in [2.24, 2.45) is 0 Å². The van der Waals surface area contributed by atoms with Gasteiger partial charge in [0.2, 0.25) is 5.95 Å². The molecule has 1 amide bonds. The van der Waals surface area contributed by atoms with E-state index in [1.165, 1.54) is 0 Å². The number of ether oxygens (including phenoxy) is 1. The minimum absolute atomic E-state index is 0.270. The van der Waals surface area contributed by atoms with E-state index in [0.29, 0.717) is 26.2 Å². The van der Waals surface area contributed by atoms with Crippen molar-refractivity contribution >= 4 is 28.6 Å². The van der Waals surface area contributed by atoms with Gasteiger partial charge in [0.15, 0.2) is 0 Å². The molecule has 4 heterocycles. The van der Waals surface area contributed by atoms with E-state index in [1.807, 2.05) is 61.8 Å². The lowest BCUT2D eigenvalue weighted by Gasteiger charge is -2.36. The number of fused-ring (bicyclic) bond motifs is 2. The zero-order valence-electron chi connectivity index (χ0n) is 18.5. The largest absolute Gasteiger partial charge is 0.444 e.